The average Bonchev–Trinajstić information content (AvgIpc) is 2.78. The summed E-state index contributed by atoms with van der Waals surface area (Å²) < 4.78 is 28.3. The Bertz CT molecular complexity index is 720. The molecule has 0 saturated heterocycles. The predicted octanol–water partition coefficient (Wildman–Crippen LogP) is 2.01. The summed E-state index contributed by atoms with van der Waals surface area (Å²) >= 11 is 4.30. The fraction of sp³-hybridized carbons (Fsp3) is 0.100. The molecule has 8 heteroatoms. The molecule has 0 unspecified atom stereocenters. The Morgan fingerprint density at radius 2 is 2.17 bits per heavy atom. The third-order valence-corrected chi connectivity index (χ3v) is 5.35. The van der Waals surface area contributed by atoms with Crippen LogP contribution < -0.4 is 10.3 Å². The van der Waals surface area contributed by atoms with Crippen molar-refractivity contribution in [2.45, 2.75) is 4.21 Å². The molecule has 2 rings (SSSR count). The van der Waals surface area contributed by atoms with Gasteiger partial charge in [0.25, 0.3) is 15.6 Å². The quantitative estimate of drug-likeness (QED) is 0.922. The minimum absolute atomic E-state index is 0.0141. The maximum absolute atomic E-state index is 12.0. The Morgan fingerprint density at radius 1 is 1.44 bits per heavy atom. The fourth-order valence-corrected chi connectivity index (χ4v) is 3.93. The molecular weight excluding hydrogens is 340 g/mol. The first-order valence-corrected chi connectivity index (χ1v) is 7.98. The van der Waals surface area contributed by atoms with Crippen LogP contribution in [0.1, 0.15) is 0 Å². The van der Waals surface area contributed by atoms with Crippen molar-refractivity contribution >= 4 is 43.0 Å². The van der Waals surface area contributed by atoms with Crippen LogP contribution in [0.2, 0.25) is 0 Å². The van der Waals surface area contributed by atoms with Crippen LogP contribution in [0.4, 0.5) is 5.69 Å². The van der Waals surface area contributed by atoms with Gasteiger partial charge in [-0.1, -0.05) is 6.07 Å². The standard InChI is InChI=1S/C10H9BrN2O3S2/c1-13-6-7(11)5-8(10(13)14)12-18(15,16)9-3-2-4-17-9/h2-6,12H,1H3. The van der Waals surface area contributed by atoms with Crippen molar-refractivity contribution in [3.8, 4) is 0 Å². The van der Waals surface area contributed by atoms with E-state index in [2.05, 4.69) is 20.7 Å². The predicted molar refractivity (Wildman–Crippen MR) is 74.5 cm³/mol. The molecule has 0 aliphatic carbocycles. The van der Waals surface area contributed by atoms with Crippen molar-refractivity contribution < 1.29 is 8.42 Å². The highest BCUT2D eigenvalue weighted by molar-refractivity contribution is 9.10. The molecule has 0 bridgehead atoms. The fourth-order valence-electron chi connectivity index (χ4n) is 1.36. The monoisotopic (exact) mass is 348 g/mol. The van der Waals surface area contributed by atoms with Crippen LogP contribution >= 0.6 is 27.3 Å². The van der Waals surface area contributed by atoms with E-state index >= 15 is 0 Å². The molecule has 2 aromatic heterocycles. The Balaban J connectivity index is 2.45. The van der Waals surface area contributed by atoms with Crippen molar-refractivity contribution in [3.05, 3.63) is 44.6 Å². The number of sulfonamides is 1. The van der Waals surface area contributed by atoms with Gasteiger partial charge in [0.05, 0.1) is 0 Å². The van der Waals surface area contributed by atoms with Crippen molar-refractivity contribution in [3.63, 3.8) is 0 Å². The van der Waals surface area contributed by atoms with Gasteiger partial charge in [-0.15, -0.1) is 11.3 Å². The van der Waals surface area contributed by atoms with Gasteiger partial charge in [-0.2, -0.15) is 0 Å². The number of rotatable bonds is 3. The van der Waals surface area contributed by atoms with Crippen LogP contribution in [0.3, 0.4) is 0 Å². The summed E-state index contributed by atoms with van der Waals surface area (Å²) in [7, 11) is -2.14. The molecule has 0 aliphatic rings. The first kappa shape index (κ1) is 13.3. The smallest absolute Gasteiger partial charge is 0.274 e. The second-order valence-electron chi connectivity index (χ2n) is 3.53. The number of nitrogens with zero attached hydrogens (tertiary/aromatic N) is 1. The largest absolute Gasteiger partial charge is 0.316 e. The molecule has 0 radical (unpaired) electrons. The van der Waals surface area contributed by atoms with E-state index in [0.29, 0.717) is 4.47 Å². The van der Waals surface area contributed by atoms with E-state index in [4.69, 9.17) is 0 Å². The normalized spacial score (nSPS) is 11.4. The molecule has 2 heterocycles. The van der Waals surface area contributed by atoms with Gasteiger partial charge in [0.2, 0.25) is 0 Å². The highest BCUT2D eigenvalue weighted by Gasteiger charge is 2.17. The van der Waals surface area contributed by atoms with Crippen molar-refractivity contribution in [1.29, 1.82) is 0 Å². The summed E-state index contributed by atoms with van der Waals surface area (Å²) in [6.07, 6.45) is 1.56. The Labute approximate surface area is 116 Å². The maximum atomic E-state index is 12.0. The lowest BCUT2D eigenvalue weighted by molar-refractivity contribution is 0.603. The van der Waals surface area contributed by atoms with Gasteiger partial charge in [0.1, 0.15) is 9.90 Å². The molecule has 0 atom stereocenters. The number of aromatic nitrogens is 1. The number of hydrogen-bond acceptors (Lipinski definition) is 4. The Kier molecular flexibility index (Phi) is 3.60. The highest BCUT2D eigenvalue weighted by atomic mass is 79.9. The molecule has 0 fully saturated rings. The molecule has 0 aliphatic heterocycles. The molecule has 1 N–H and O–H groups in total. The van der Waals surface area contributed by atoms with E-state index in [-0.39, 0.29) is 9.90 Å². The van der Waals surface area contributed by atoms with E-state index in [1.165, 1.54) is 16.7 Å². The number of aryl methyl sites for hydroxylation is 1. The lowest BCUT2D eigenvalue weighted by atomic mass is 10.4. The van der Waals surface area contributed by atoms with Crippen LogP contribution in [-0.4, -0.2) is 13.0 Å². The third kappa shape index (κ3) is 2.65. The number of anilines is 1. The van der Waals surface area contributed by atoms with Gasteiger partial charge >= 0.3 is 0 Å². The molecule has 0 aromatic carbocycles. The summed E-state index contributed by atoms with van der Waals surface area (Å²) in [5.74, 6) is 0. The van der Waals surface area contributed by atoms with Crippen LogP contribution in [0.5, 0.6) is 0 Å². The molecule has 96 valence electrons. The summed E-state index contributed by atoms with van der Waals surface area (Å²) in [6.45, 7) is 0. The van der Waals surface area contributed by atoms with Crippen molar-refractivity contribution in [1.82, 2.24) is 4.57 Å². The highest BCUT2D eigenvalue weighted by Crippen LogP contribution is 2.20. The second-order valence-corrected chi connectivity index (χ2v) is 7.30. The van der Waals surface area contributed by atoms with Crippen LogP contribution in [0.15, 0.2) is 43.3 Å². The van der Waals surface area contributed by atoms with Gasteiger partial charge < -0.3 is 4.57 Å². The number of nitrogens with one attached hydrogen (secondary N) is 1. The summed E-state index contributed by atoms with van der Waals surface area (Å²) in [4.78, 5) is 11.8. The first-order valence-electron chi connectivity index (χ1n) is 4.82. The number of thiophene rings is 1. The van der Waals surface area contributed by atoms with Gasteiger partial charge in [-0.3, -0.25) is 9.52 Å². The lowest BCUT2D eigenvalue weighted by Crippen LogP contribution is -2.23. The third-order valence-electron chi connectivity index (χ3n) is 2.15. The lowest BCUT2D eigenvalue weighted by Gasteiger charge is -2.07. The second kappa shape index (κ2) is 4.87. The van der Waals surface area contributed by atoms with Crippen LogP contribution in [0.25, 0.3) is 0 Å². The minimum atomic E-state index is -3.69. The average molecular weight is 349 g/mol. The molecule has 0 spiro atoms. The number of hydrogen-bond donors (Lipinski definition) is 1. The number of pyridine rings is 1. The van der Waals surface area contributed by atoms with Gasteiger partial charge in [-0.05, 0) is 33.4 Å². The molecule has 2 aromatic rings. The summed E-state index contributed by atoms with van der Waals surface area (Å²) in [5, 5.41) is 1.66. The van der Waals surface area contributed by atoms with E-state index in [9.17, 15) is 13.2 Å². The SMILES string of the molecule is Cn1cc(Br)cc(NS(=O)(=O)c2cccs2)c1=O. The van der Waals surface area contributed by atoms with E-state index in [1.807, 2.05) is 0 Å². The van der Waals surface area contributed by atoms with Gasteiger partial charge in [-0.25, -0.2) is 8.42 Å². The zero-order chi connectivity index (χ0) is 13.3. The molecular formula is C10H9BrN2O3S2. The van der Waals surface area contributed by atoms with E-state index < -0.39 is 15.6 Å². The zero-order valence-corrected chi connectivity index (χ0v) is 12.5. The van der Waals surface area contributed by atoms with Crippen molar-refractivity contribution in [2.24, 2.45) is 7.05 Å². The summed E-state index contributed by atoms with van der Waals surface area (Å²) in [5.41, 5.74) is -0.390. The molecule has 5 nitrogen and oxygen atoms in total. The molecule has 18 heavy (non-hydrogen) atoms. The zero-order valence-electron chi connectivity index (χ0n) is 9.25. The van der Waals surface area contributed by atoms with Crippen LogP contribution in [-0.2, 0) is 17.1 Å². The number of halogens is 1. The van der Waals surface area contributed by atoms with E-state index in [1.54, 1.807) is 24.7 Å². The topological polar surface area (TPSA) is 68.2 Å². The molecule has 0 saturated carbocycles. The Morgan fingerprint density at radius 3 is 2.78 bits per heavy atom. The molecule has 0 amide bonds. The Hall–Kier alpha value is -1.12. The first-order chi connectivity index (χ1) is 8.40. The van der Waals surface area contributed by atoms with Crippen LogP contribution in [0, 0.1) is 0 Å². The van der Waals surface area contributed by atoms with Crippen molar-refractivity contribution in [2.75, 3.05) is 4.72 Å². The van der Waals surface area contributed by atoms with Gasteiger partial charge in [0.15, 0.2) is 0 Å². The maximum Gasteiger partial charge on any atom is 0.274 e. The summed E-state index contributed by atoms with van der Waals surface area (Å²) in [6, 6.07) is 4.56. The van der Waals surface area contributed by atoms with E-state index in [0.717, 1.165) is 11.3 Å². The minimum Gasteiger partial charge on any atom is -0.316 e. The van der Waals surface area contributed by atoms with Gasteiger partial charge in [0, 0.05) is 17.7 Å².